The maximum absolute atomic E-state index is 9.77. The van der Waals surface area contributed by atoms with Gasteiger partial charge < -0.3 is 20.4 Å². The second kappa shape index (κ2) is 3.43. The van der Waals surface area contributed by atoms with Gasteiger partial charge in [-0.25, -0.2) is 0 Å². The molecular formula is C14H10O4. The summed E-state index contributed by atoms with van der Waals surface area (Å²) < 4.78 is 0. The minimum Gasteiger partial charge on any atom is -0.508 e. The van der Waals surface area contributed by atoms with Crippen molar-refractivity contribution in [3.05, 3.63) is 36.4 Å². The van der Waals surface area contributed by atoms with Gasteiger partial charge in [-0.3, -0.25) is 0 Å². The van der Waals surface area contributed by atoms with Crippen molar-refractivity contribution in [1.82, 2.24) is 0 Å². The Bertz CT molecular complexity index is 715. The number of aromatic hydroxyl groups is 4. The molecule has 90 valence electrons. The quantitative estimate of drug-likeness (QED) is 0.457. The van der Waals surface area contributed by atoms with Gasteiger partial charge >= 0.3 is 0 Å². The van der Waals surface area contributed by atoms with Crippen LogP contribution >= 0.6 is 0 Å². The van der Waals surface area contributed by atoms with Gasteiger partial charge in [0.2, 0.25) is 0 Å². The Morgan fingerprint density at radius 2 is 0.944 bits per heavy atom. The molecule has 0 amide bonds. The fraction of sp³-hybridized carbons (Fsp3) is 0. The van der Waals surface area contributed by atoms with Crippen LogP contribution < -0.4 is 0 Å². The fourth-order valence-corrected chi connectivity index (χ4v) is 2.15. The van der Waals surface area contributed by atoms with E-state index in [9.17, 15) is 20.4 Å². The van der Waals surface area contributed by atoms with Crippen LogP contribution in [0.3, 0.4) is 0 Å². The monoisotopic (exact) mass is 242 g/mol. The summed E-state index contributed by atoms with van der Waals surface area (Å²) in [7, 11) is 0. The highest BCUT2D eigenvalue weighted by Gasteiger charge is 2.08. The normalized spacial score (nSPS) is 11.1. The maximum atomic E-state index is 9.77. The van der Waals surface area contributed by atoms with E-state index in [4.69, 9.17) is 0 Å². The maximum Gasteiger partial charge on any atom is 0.127 e. The molecule has 3 rings (SSSR count). The van der Waals surface area contributed by atoms with Crippen LogP contribution in [0.15, 0.2) is 36.4 Å². The van der Waals surface area contributed by atoms with E-state index >= 15 is 0 Å². The molecule has 0 unspecified atom stereocenters. The van der Waals surface area contributed by atoms with Crippen LogP contribution in [0.2, 0.25) is 0 Å². The summed E-state index contributed by atoms with van der Waals surface area (Å²) in [5, 5.41) is 40.7. The van der Waals surface area contributed by atoms with Crippen LogP contribution in [0.4, 0.5) is 0 Å². The molecule has 0 saturated heterocycles. The Hall–Kier alpha value is -2.62. The third-order valence-corrected chi connectivity index (χ3v) is 2.95. The Morgan fingerprint density at radius 1 is 0.500 bits per heavy atom. The Labute approximate surface area is 102 Å². The van der Waals surface area contributed by atoms with Crippen LogP contribution in [-0.2, 0) is 0 Å². The molecule has 0 atom stereocenters. The predicted octanol–water partition coefficient (Wildman–Crippen LogP) is 2.82. The van der Waals surface area contributed by atoms with Crippen LogP contribution in [0.25, 0.3) is 21.5 Å². The summed E-state index contributed by atoms with van der Waals surface area (Å²) in [6, 6.07) is 8.81. The zero-order chi connectivity index (χ0) is 12.9. The second-order valence-electron chi connectivity index (χ2n) is 4.22. The fourth-order valence-electron chi connectivity index (χ4n) is 2.15. The number of fused-ring (bicyclic) bond motifs is 2. The summed E-state index contributed by atoms with van der Waals surface area (Å²) >= 11 is 0. The number of phenolic OH excluding ortho intramolecular Hbond substituents is 4. The van der Waals surface area contributed by atoms with Crippen molar-refractivity contribution in [1.29, 1.82) is 0 Å². The van der Waals surface area contributed by atoms with E-state index < -0.39 is 0 Å². The number of hydrogen-bond acceptors (Lipinski definition) is 4. The largest absolute Gasteiger partial charge is 0.508 e. The van der Waals surface area contributed by atoms with Gasteiger partial charge in [0.1, 0.15) is 23.0 Å². The predicted molar refractivity (Wildman–Crippen MR) is 68.1 cm³/mol. The molecular weight excluding hydrogens is 232 g/mol. The Kier molecular flexibility index (Phi) is 2.01. The molecule has 3 aromatic carbocycles. The first-order chi connectivity index (χ1) is 8.54. The summed E-state index contributed by atoms with van der Waals surface area (Å²) in [6.07, 6.45) is 0. The smallest absolute Gasteiger partial charge is 0.127 e. The van der Waals surface area contributed by atoms with Crippen LogP contribution in [0.5, 0.6) is 23.0 Å². The average molecular weight is 242 g/mol. The van der Waals surface area contributed by atoms with Gasteiger partial charge in [-0.15, -0.1) is 0 Å². The van der Waals surface area contributed by atoms with Crippen molar-refractivity contribution in [3.63, 3.8) is 0 Å². The van der Waals surface area contributed by atoms with E-state index in [0.29, 0.717) is 21.5 Å². The molecule has 3 aromatic rings. The molecule has 0 spiro atoms. The van der Waals surface area contributed by atoms with Crippen LogP contribution in [0, 0.1) is 0 Å². The Morgan fingerprint density at radius 3 is 1.39 bits per heavy atom. The van der Waals surface area contributed by atoms with Crippen LogP contribution in [-0.4, -0.2) is 20.4 Å². The van der Waals surface area contributed by atoms with Gasteiger partial charge in [-0.05, 0) is 35.0 Å². The average Bonchev–Trinajstić information content (AvgIpc) is 2.26. The third kappa shape index (κ3) is 1.47. The first kappa shape index (κ1) is 10.5. The molecule has 4 N–H and O–H groups in total. The summed E-state index contributed by atoms with van der Waals surface area (Å²) in [5.41, 5.74) is 0. The molecule has 0 aromatic heterocycles. The van der Waals surface area contributed by atoms with E-state index in [2.05, 4.69) is 0 Å². The molecule has 18 heavy (non-hydrogen) atoms. The zero-order valence-corrected chi connectivity index (χ0v) is 9.25. The molecule has 4 heteroatoms. The number of benzene rings is 3. The zero-order valence-electron chi connectivity index (χ0n) is 9.25. The van der Waals surface area contributed by atoms with Crippen LogP contribution in [0.1, 0.15) is 0 Å². The molecule has 0 heterocycles. The summed E-state index contributed by atoms with van der Waals surface area (Å²) in [4.78, 5) is 0. The lowest BCUT2D eigenvalue weighted by Crippen LogP contribution is -1.79. The topological polar surface area (TPSA) is 80.9 Å². The number of hydrogen-bond donors (Lipinski definition) is 4. The SMILES string of the molecule is Oc1cc(O)c2cc3c(O)cc(O)cc3cc2c1. The van der Waals surface area contributed by atoms with E-state index in [-0.39, 0.29) is 23.0 Å². The number of phenols is 4. The van der Waals surface area contributed by atoms with Gasteiger partial charge in [0.15, 0.2) is 0 Å². The molecule has 0 radical (unpaired) electrons. The first-order valence-corrected chi connectivity index (χ1v) is 5.36. The van der Waals surface area contributed by atoms with Crippen molar-refractivity contribution in [2.45, 2.75) is 0 Å². The van der Waals surface area contributed by atoms with Gasteiger partial charge in [-0.1, -0.05) is 0 Å². The number of rotatable bonds is 0. The van der Waals surface area contributed by atoms with E-state index in [0.717, 1.165) is 0 Å². The van der Waals surface area contributed by atoms with Crippen molar-refractivity contribution in [2.75, 3.05) is 0 Å². The highest BCUT2D eigenvalue weighted by molar-refractivity contribution is 6.03. The van der Waals surface area contributed by atoms with Crippen molar-refractivity contribution >= 4 is 21.5 Å². The van der Waals surface area contributed by atoms with E-state index in [1.165, 1.54) is 24.3 Å². The molecule has 0 saturated carbocycles. The van der Waals surface area contributed by atoms with E-state index in [1.54, 1.807) is 12.1 Å². The van der Waals surface area contributed by atoms with Crippen molar-refractivity contribution < 1.29 is 20.4 Å². The lowest BCUT2D eigenvalue weighted by Gasteiger charge is -2.07. The summed E-state index contributed by atoms with van der Waals surface area (Å²) in [6.45, 7) is 0. The Balaban J connectivity index is 2.51. The molecule has 0 aliphatic carbocycles. The van der Waals surface area contributed by atoms with Gasteiger partial charge in [-0.2, -0.15) is 0 Å². The van der Waals surface area contributed by atoms with E-state index in [1.807, 2.05) is 0 Å². The first-order valence-electron chi connectivity index (χ1n) is 5.36. The standard InChI is InChI=1S/C14H10O4/c15-9-2-7-1-8-3-10(16)5-14(18)12(8)6-11(7)13(17)4-9/h1-6,15-18H. The third-order valence-electron chi connectivity index (χ3n) is 2.95. The highest BCUT2D eigenvalue weighted by atomic mass is 16.3. The molecule has 0 aliphatic rings. The van der Waals surface area contributed by atoms with Crippen molar-refractivity contribution in [3.8, 4) is 23.0 Å². The lowest BCUT2D eigenvalue weighted by molar-refractivity contribution is 0.455. The second-order valence-corrected chi connectivity index (χ2v) is 4.22. The highest BCUT2D eigenvalue weighted by Crippen LogP contribution is 2.37. The minimum atomic E-state index is -0.0561. The van der Waals surface area contributed by atoms with Gasteiger partial charge in [0.25, 0.3) is 0 Å². The summed E-state index contributed by atoms with van der Waals surface area (Å²) in [5.74, 6) is -0.189. The van der Waals surface area contributed by atoms with Crippen molar-refractivity contribution in [2.24, 2.45) is 0 Å². The van der Waals surface area contributed by atoms with Gasteiger partial charge in [0, 0.05) is 22.9 Å². The molecule has 0 bridgehead atoms. The molecule has 0 fully saturated rings. The van der Waals surface area contributed by atoms with Gasteiger partial charge in [0.05, 0.1) is 0 Å². The minimum absolute atomic E-state index is 0.0382. The lowest BCUT2D eigenvalue weighted by atomic mass is 10.0. The molecule has 4 nitrogen and oxygen atoms in total. The molecule has 0 aliphatic heterocycles.